The van der Waals surface area contributed by atoms with Gasteiger partial charge in [-0.3, -0.25) is 19.7 Å². The van der Waals surface area contributed by atoms with Gasteiger partial charge in [-0.25, -0.2) is 0 Å². The number of Topliss-reactive ketones (excluding diaryl/α,β-unsaturated/α-hetero) is 1. The molecule has 1 aliphatic heterocycles. The number of nitrogens with one attached hydrogen (secondary N) is 1. The standard InChI is InChI=1S/C16H11NO4S/c1-9(18)10-3-2-4-11(7-10)13-6-5-12(21-13)8-14-15(19)17-16(20)22-14/h2-8H,1H3,(H,17,19,20)/b14-8-. The zero-order valence-electron chi connectivity index (χ0n) is 11.6. The summed E-state index contributed by atoms with van der Waals surface area (Å²) in [6, 6.07) is 10.6. The fourth-order valence-corrected chi connectivity index (χ4v) is 2.69. The minimum Gasteiger partial charge on any atom is -0.457 e. The Morgan fingerprint density at radius 2 is 2.05 bits per heavy atom. The number of carbonyl (C=O) groups is 3. The Kier molecular flexibility index (Phi) is 3.68. The van der Waals surface area contributed by atoms with Crippen molar-refractivity contribution in [3.05, 3.63) is 52.6 Å². The number of imide groups is 1. The first kappa shape index (κ1) is 14.3. The highest BCUT2D eigenvalue weighted by Gasteiger charge is 2.25. The summed E-state index contributed by atoms with van der Waals surface area (Å²) in [7, 11) is 0. The van der Waals surface area contributed by atoms with E-state index < -0.39 is 11.1 Å². The second-order valence-electron chi connectivity index (χ2n) is 4.69. The zero-order valence-corrected chi connectivity index (χ0v) is 12.4. The molecule has 1 fully saturated rings. The molecule has 110 valence electrons. The predicted octanol–water partition coefficient (Wildman–Crippen LogP) is 3.47. The maximum atomic E-state index is 11.5. The molecule has 5 nitrogen and oxygen atoms in total. The molecule has 0 bridgehead atoms. The molecule has 2 aromatic rings. The summed E-state index contributed by atoms with van der Waals surface area (Å²) >= 11 is 0.837. The van der Waals surface area contributed by atoms with Crippen molar-refractivity contribution in [2.45, 2.75) is 6.92 Å². The lowest BCUT2D eigenvalue weighted by atomic mass is 10.1. The topological polar surface area (TPSA) is 76.4 Å². The number of amides is 2. The van der Waals surface area contributed by atoms with Crippen molar-refractivity contribution in [1.82, 2.24) is 5.32 Å². The Morgan fingerprint density at radius 3 is 2.73 bits per heavy atom. The minimum absolute atomic E-state index is 0.0201. The minimum atomic E-state index is -0.425. The molecule has 6 heteroatoms. The van der Waals surface area contributed by atoms with Crippen LogP contribution in [0.15, 0.2) is 45.7 Å². The van der Waals surface area contributed by atoms with Crippen LogP contribution >= 0.6 is 11.8 Å². The monoisotopic (exact) mass is 313 g/mol. The third kappa shape index (κ3) is 2.87. The van der Waals surface area contributed by atoms with Crippen LogP contribution in [0, 0.1) is 0 Å². The van der Waals surface area contributed by atoms with Crippen LogP contribution in [0.3, 0.4) is 0 Å². The summed E-state index contributed by atoms with van der Waals surface area (Å²) in [4.78, 5) is 34.3. The highest BCUT2D eigenvalue weighted by atomic mass is 32.2. The van der Waals surface area contributed by atoms with Gasteiger partial charge in [-0.15, -0.1) is 0 Å². The van der Waals surface area contributed by atoms with Gasteiger partial charge in [-0.1, -0.05) is 18.2 Å². The third-order valence-electron chi connectivity index (χ3n) is 3.10. The number of carbonyl (C=O) groups excluding carboxylic acids is 3. The van der Waals surface area contributed by atoms with E-state index in [0.29, 0.717) is 22.0 Å². The van der Waals surface area contributed by atoms with E-state index in [1.807, 2.05) is 6.07 Å². The first-order chi connectivity index (χ1) is 10.5. The van der Waals surface area contributed by atoms with Crippen molar-refractivity contribution in [3.63, 3.8) is 0 Å². The van der Waals surface area contributed by atoms with Crippen LogP contribution in [0.4, 0.5) is 4.79 Å². The highest BCUT2D eigenvalue weighted by molar-refractivity contribution is 8.18. The van der Waals surface area contributed by atoms with E-state index in [2.05, 4.69) is 5.32 Å². The van der Waals surface area contributed by atoms with Gasteiger partial charge in [0.2, 0.25) is 0 Å². The van der Waals surface area contributed by atoms with Crippen molar-refractivity contribution in [1.29, 1.82) is 0 Å². The molecule has 1 N–H and O–H groups in total. The molecule has 1 aliphatic rings. The third-order valence-corrected chi connectivity index (χ3v) is 3.91. The Balaban J connectivity index is 1.90. The number of thioether (sulfide) groups is 1. The summed E-state index contributed by atoms with van der Waals surface area (Å²) in [6.45, 7) is 1.50. The van der Waals surface area contributed by atoms with E-state index in [0.717, 1.165) is 17.3 Å². The van der Waals surface area contributed by atoms with Crippen LogP contribution in [0.1, 0.15) is 23.0 Å². The molecule has 2 amide bonds. The molecule has 1 aromatic carbocycles. The summed E-state index contributed by atoms with van der Waals surface area (Å²) in [5, 5.41) is 1.79. The second kappa shape index (κ2) is 5.65. The number of rotatable bonds is 3. The molecule has 0 aliphatic carbocycles. The summed E-state index contributed by atoms with van der Waals surface area (Å²) in [5.41, 5.74) is 1.38. The molecule has 22 heavy (non-hydrogen) atoms. The number of benzene rings is 1. The first-order valence-corrected chi connectivity index (χ1v) is 7.30. The molecule has 3 rings (SSSR count). The Labute approximate surface area is 130 Å². The van der Waals surface area contributed by atoms with Gasteiger partial charge >= 0.3 is 0 Å². The predicted molar refractivity (Wildman–Crippen MR) is 83.3 cm³/mol. The van der Waals surface area contributed by atoms with Gasteiger partial charge in [0.1, 0.15) is 11.5 Å². The molecule has 0 radical (unpaired) electrons. The van der Waals surface area contributed by atoms with Crippen molar-refractivity contribution < 1.29 is 18.8 Å². The number of furan rings is 1. The van der Waals surface area contributed by atoms with Crippen molar-refractivity contribution in [3.8, 4) is 11.3 Å². The lowest BCUT2D eigenvalue weighted by molar-refractivity contribution is -0.115. The maximum Gasteiger partial charge on any atom is 0.290 e. The first-order valence-electron chi connectivity index (χ1n) is 6.49. The molecule has 1 aromatic heterocycles. The zero-order chi connectivity index (χ0) is 15.7. The van der Waals surface area contributed by atoms with Gasteiger partial charge in [0, 0.05) is 17.2 Å². The smallest absolute Gasteiger partial charge is 0.290 e. The Bertz CT molecular complexity index is 819. The molecular weight excluding hydrogens is 302 g/mol. The van der Waals surface area contributed by atoms with Crippen molar-refractivity contribution in [2.75, 3.05) is 0 Å². The molecule has 0 saturated carbocycles. The van der Waals surface area contributed by atoms with Crippen LogP contribution < -0.4 is 5.32 Å². The van der Waals surface area contributed by atoms with E-state index in [9.17, 15) is 14.4 Å². The van der Waals surface area contributed by atoms with Crippen LogP contribution in [0.5, 0.6) is 0 Å². The SMILES string of the molecule is CC(=O)c1cccc(-c2ccc(/C=C3\SC(=O)NC3=O)o2)c1. The van der Waals surface area contributed by atoms with Gasteiger partial charge in [-0.05, 0) is 36.9 Å². The summed E-state index contributed by atoms with van der Waals surface area (Å²) < 4.78 is 5.66. The van der Waals surface area contributed by atoms with Gasteiger partial charge in [0.15, 0.2) is 5.78 Å². The lowest BCUT2D eigenvalue weighted by Crippen LogP contribution is -2.17. The van der Waals surface area contributed by atoms with E-state index in [1.165, 1.54) is 13.0 Å². The van der Waals surface area contributed by atoms with Gasteiger partial charge in [0.05, 0.1) is 4.91 Å². The van der Waals surface area contributed by atoms with Crippen LogP contribution in [-0.2, 0) is 4.79 Å². The fraction of sp³-hybridized carbons (Fsp3) is 0.0625. The Morgan fingerprint density at radius 1 is 1.23 bits per heavy atom. The normalized spacial score (nSPS) is 16.1. The Hall–Kier alpha value is -2.60. The molecule has 2 heterocycles. The highest BCUT2D eigenvalue weighted by Crippen LogP contribution is 2.28. The van der Waals surface area contributed by atoms with Gasteiger partial charge in [0.25, 0.3) is 11.1 Å². The number of hydrogen-bond donors (Lipinski definition) is 1. The molecule has 0 atom stereocenters. The number of ketones is 1. The summed E-state index contributed by atoms with van der Waals surface area (Å²) in [6.07, 6.45) is 1.52. The van der Waals surface area contributed by atoms with E-state index in [-0.39, 0.29) is 5.78 Å². The largest absolute Gasteiger partial charge is 0.457 e. The van der Waals surface area contributed by atoms with Crippen LogP contribution in [-0.4, -0.2) is 16.9 Å². The average Bonchev–Trinajstić information content (AvgIpc) is 3.06. The van der Waals surface area contributed by atoms with Gasteiger partial charge < -0.3 is 4.42 Å². The van der Waals surface area contributed by atoms with E-state index in [4.69, 9.17) is 4.42 Å². The maximum absolute atomic E-state index is 11.5. The lowest BCUT2D eigenvalue weighted by Gasteiger charge is -1.99. The fourth-order valence-electron chi connectivity index (χ4n) is 2.03. The van der Waals surface area contributed by atoms with Crippen LogP contribution in [0.2, 0.25) is 0 Å². The second-order valence-corrected chi connectivity index (χ2v) is 5.71. The molecule has 0 spiro atoms. The molecule has 0 unspecified atom stereocenters. The summed E-state index contributed by atoms with van der Waals surface area (Å²) in [5.74, 6) is 0.611. The van der Waals surface area contributed by atoms with Crippen molar-refractivity contribution >= 4 is 34.8 Å². The van der Waals surface area contributed by atoms with Crippen molar-refractivity contribution in [2.24, 2.45) is 0 Å². The quantitative estimate of drug-likeness (QED) is 0.693. The average molecular weight is 313 g/mol. The van der Waals surface area contributed by atoms with E-state index >= 15 is 0 Å². The molecular formula is C16H11NO4S. The van der Waals surface area contributed by atoms with Gasteiger partial charge in [-0.2, -0.15) is 0 Å². The number of hydrogen-bond acceptors (Lipinski definition) is 5. The van der Waals surface area contributed by atoms with Crippen LogP contribution in [0.25, 0.3) is 17.4 Å². The van der Waals surface area contributed by atoms with E-state index in [1.54, 1.807) is 30.3 Å². The molecule has 1 saturated heterocycles.